The normalized spacial score (nSPS) is 19.3. The van der Waals surface area contributed by atoms with Gasteiger partial charge < -0.3 is 9.59 Å². The monoisotopic (exact) mass is 413 g/mol. The number of hydrogen-bond acceptors (Lipinski definition) is 5. The zero-order chi connectivity index (χ0) is 21.1. The number of carbonyl (C=O) groups is 3. The predicted molar refractivity (Wildman–Crippen MR) is 110 cm³/mol. The fourth-order valence-corrected chi connectivity index (χ4v) is 5.17. The molecule has 0 N–H and O–H groups in total. The number of sulfonamides is 1. The average molecular weight is 413 g/mol. The molecule has 3 rings (SSSR count). The van der Waals surface area contributed by atoms with Crippen LogP contribution < -0.4 is 4.31 Å². The summed E-state index contributed by atoms with van der Waals surface area (Å²) in [6.07, 6.45) is 2.28. The maximum Gasteiger partial charge on any atom is 0.264 e. The lowest BCUT2D eigenvalue weighted by atomic mass is 9.75. The number of benzene rings is 2. The molecule has 0 fully saturated rings. The van der Waals surface area contributed by atoms with Gasteiger partial charge in [-0.3, -0.25) is 9.10 Å². The van der Waals surface area contributed by atoms with Crippen LogP contribution in [0.2, 0.25) is 0 Å². The fraction of sp³-hybridized carbons (Fsp3) is 0.318. The molecule has 1 unspecified atom stereocenters. The van der Waals surface area contributed by atoms with E-state index in [4.69, 9.17) is 0 Å². The first-order valence-electron chi connectivity index (χ1n) is 9.49. The Labute approximate surface area is 170 Å². The molecule has 2 aromatic carbocycles. The highest BCUT2D eigenvalue weighted by Gasteiger charge is 2.44. The number of para-hydroxylation sites is 1. The molecule has 0 spiro atoms. The first kappa shape index (κ1) is 20.9. The van der Waals surface area contributed by atoms with Crippen LogP contribution in [0.25, 0.3) is 0 Å². The smallest absolute Gasteiger partial charge is 0.264 e. The molecule has 2 aromatic rings. The van der Waals surface area contributed by atoms with Crippen LogP contribution in [0.15, 0.2) is 53.4 Å². The summed E-state index contributed by atoms with van der Waals surface area (Å²) in [6, 6.07) is 13.0. The number of carbonyl (C=O) groups excluding carboxylic acids is 3. The number of hydrogen-bond donors (Lipinski definition) is 0. The lowest BCUT2D eigenvalue weighted by Gasteiger charge is -2.26. The van der Waals surface area contributed by atoms with Gasteiger partial charge in [0.05, 0.1) is 16.0 Å². The molecule has 1 aliphatic heterocycles. The van der Waals surface area contributed by atoms with E-state index in [-0.39, 0.29) is 42.0 Å². The van der Waals surface area contributed by atoms with Crippen molar-refractivity contribution in [2.75, 3.05) is 10.8 Å². The van der Waals surface area contributed by atoms with Crippen molar-refractivity contribution in [3.8, 4) is 0 Å². The standard InChI is InChI=1S/C22H23NO5S/c1-17-8-10-18(11-9-17)29(27,28)23-14-13-22(16-25,12-4-5-15-24)21(26)19-6-2-3-7-20(19)23/h2-3,6-11,15-16H,4-5,12-14H2,1H3. The number of rotatable bonds is 7. The van der Waals surface area contributed by atoms with E-state index >= 15 is 0 Å². The van der Waals surface area contributed by atoms with Gasteiger partial charge in [0.1, 0.15) is 12.6 Å². The molecule has 0 amide bonds. The van der Waals surface area contributed by atoms with Crippen molar-refractivity contribution < 1.29 is 22.8 Å². The van der Waals surface area contributed by atoms with E-state index in [1.807, 2.05) is 6.92 Å². The lowest BCUT2D eigenvalue weighted by Crippen LogP contribution is -2.36. The minimum Gasteiger partial charge on any atom is -0.303 e. The zero-order valence-corrected chi connectivity index (χ0v) is 17.0. The Kier molecular flexibility index (Phi) is 5.98. The van der Waals surface area contributed by atoms with Crippen LogP contribution in [0.4, 0.5) is 5.69 Å². The number of unbranched alkanes of at least 4 members (excludes halogenated alkanes) is 1. The molecule has 0 bridgehead atoms. The average Bonchev–Trinajstić information content (AvgIpc) is 2.84. The highest BCUT2D eigenvalue weighted by Crippen LogP contribution is 2.40. The Balaban J connectivity index is 2.09. The minimum absolute atomic E-state index is 0.00120. The van der Waals surface area contributed by atoms with E-state index in [0.29, 0.717) is 12.7 Å². The molecule has 7 heteroatoms. The van der Waals surface area contributed by atoms with Gasteiger partial charge in [0.2, 0.25) is 0 Å². The molecular weight excluding hydrogens is 390 g/mol. The number of anilines is 1. The van der Waals surface area contributed by atoms with Crippen molar-refractivity contribution in [2.24, 2.45) is 5.41 Å². The van der Waals surface area contributed by atoms with Crippen LogP contribution in [0.5, 0.6) is 0 Å². The number of aldehydes is 2. The van der Waals surface area contributed by atoms with Gasteiger partial charge >= 0.3 is 0 Å². The number of Topliss-reactive ketones (excluding diaryl/α,β-unsaturated/α-hetero) is 1. The molecule has 29 heavy (non-hydrogen) atoms. The maximum absolute atomic E-state index is 13.4. The van der Waals surface area contributed by atoms with E-state index < -0.39 is 21.2 Å². The van der Waals surface area contributed by atoms with Crippen molar-refractivity contribution >= 4 is 34.1 Å². The van der Waals surface area contributed by atoms with Gasteiger partial charge in [-0.25, -0.2) is 8.42 Å². The van der Waals surface area contributed by atoms with Gasteiger partial charge in [-0.15, -0.1) is 0 Å². The van der Waals surface area contributed by atoms with Crippen LogP contribution in [-0.2, 0) is 19.6 Å². The van der Waals surface area contributed by atoms with Crippen molar-refractivity contribution in [3.63, 3.8) is 0 Å². The Hall–Kier alpha value is -2.80. The Morgan fingerprint density at radius 1 is 1.07 bits per heavy atom. The van der Waals surface area contributed by atoms with Gasteiger partial charge in [-0.05, 0) is 50.5 Å². The number of aryl methyl sites for hydroxylation is 1. The van der Waals surface area contributed by atoms with Crippen molar-refractivity contribution in [2.45, 2.75) is 37.5 Å². The Morgan fingerprint density at radius 2 is 1.76 bits per heavy atom. The molecule has 6 nitrogen and oxygen atoms in total. The van der Waals surface area contributed by atoms with E-state index in [9.17, 15) is 22.8 Å². The SMILES string of the molecule is Cc1ccc(S(=O)(=O)N2CCC(C=O)(CCCC=O)C(=O)c3ccccc32)cc1. The first-order chi connectivity index (χ1) is 13.9. The van der Waals surface area contributed by atoms with Crippen LogP contribution >= 0.6 is 0 Å². The molecule has 0 saturated carbocycles. The Morgan fingerprint density at radius 3 is 2.41 bits per heavy atom. The summed E-state index contributed by atoms with van der Waals surface area (Å²) in [4.78, 5) is 36.2. The van der Waals surface area contributed by atoms with Gasteiger partial charge in [-0.2, -0.15) is 0 Å². The summed E-state index contributed by atoms with van der Waals surface area (Å²) >= 11 is 0. The number of nitrogens with zero attached hydrogens (tertiary/aromatic N) is 1. The molecular formula is C22H23NO5S. The molecule has 152 valence electrons. The van der Waals surface area contributed by atoms with Crippen molar-refractivity contribution in [1.82, 2.24) is 0 Å². The van der Waals surface area contributed by atoms with Crippen LogP contribution in [0, 0.1) is 12.3 Å². The van der Waals surface area contributed by atoms with E-state index in [2.05, 4.69) is 0 Å². The summed E-state index contributed by atoms with van der Waals surface area (Å²) in [7, 11) is -3.91. The van der Waals surface area contributed by atoms with E-state index in [1.54, 1.807) is 36.4 Å². The predicted octanol–water partition coefficient (Wildman–Crippen LogP) is 3.33. The summed E-state index contributed by atoms with van der Waals surface area (Å²) in [5.41, 5.74) is 0.0815. The summed E-state index contributed by atoms with van der Waals surface area (Å²) in [5.74, 6) is -0.393. The second-order valence-electron chi connectivity index (χ2n) is 7.32. The summed E-state index contributed by atoms with van der Waals surface area (Å²) in [5, 5.41) is 0. The van der Waals surface area contributed by atoms with Gasteiger partial charge in [0, 0.05) is 18.5 Å². The first-order valence-corrected chi connectivity index (χ1v) is 10.9. The lowest BCUT2D eigenvalue weighted by molar-refractivity contribution is -0.115. The number of fused-ring (bicyclic) bond motifs is 1. The maximum atomic E-state index is 13.4. The second kappa shape index (κ2) is 8.29. The highest BCUT2D eigenvalue weighted by molar-refractivity contribution is 7.92. The third-order valence-corrected chi connectivity index (χ3v) is 7.24. The van der Waals surface area contributed by atoms with Crippen LogP contribution in [0.3, 0.4) is 0 Å². The van der Waals surface area contributed by atoms with Crippen molar-refractivity contribution in [1.29, 1.82) is 0 Å². The molecule has 1 aliphatic rings. The molecule has 0 radical (unpaired) electrons. The number of ketones is 1. The van der Waals surface area contributed by atoms with E-state index in [0.717, 1.165) is 11.8 Å². The zero-order valence-electron chi connectivity index (χ0n) is 16.2. The van der Waals surface area contributed by atoms with Gasteiger partial charge in [-0.1, -0.05) is 29.8 Å². The largest absolute Gasteiger partial charge is 0.303 e. The van der Waals surface area contributed by atoms with Crippen LogP contribution in [0.1, 0.15) is 41.6 Å². The van der Waals surface area contributed by atoms with Gasteiger partial charge in [0.15, 0.2) is 5.78 Å². The summed E-state index contributed by atoms with van der Waals surface area (Å²) in [6.45, 7) is 1.87. The fourth-order valence-electron chi connectivity index (χ4n) is 3.68. The second-order valence-corrected chi connectivity index (χ2v) is 9.18. The quantitative estimate of drug-likeness (QED) is 0.395. The third kappa shape index (κ3) is 3.87. The molecule has 0 aromatic heterocycles. The minimum atomic E-state index is -3.91. The molecule has 0 saturated heterocycles. The summed E-state index contributed by atoms with van der Waals surface area (Å²) < 4.78 is 27.9. The topological polar surface area (TPSA) is 88.6 Å². The molecule has 1 heterocycles. The van der Waals surface area contributed by atoms with Crippen molar-refractivity contribution in [3.05, 3.63) is 59.7 Å². The molecule has 1 atom stereocenters. The molecule has 0 aliphatic carbocycles. The van der Waals surface area contributed by atoms with E-state index in [1.165, 1.54) is 16.4 Å². The van der Waals surface area contributed by atoms with Gasteiger partial charge in [0.25, 0.3) is 10.0 Å². The third-order valence-electron chi connectivity index (χ3n) is 5.41. The van der Waals surface area contributed by atoms with Crippen LogP contribution in [-0.4, -0.2) is 33.3 Å². The Bertz CT molecular complexity index is 1030. The highest BCUT2D eigenvalue weighted by atomic mass is 32.2.